The summed E-state index contributed by atoms with van der Waals surface area (Å²) < 4.78 is 57.9. The molecule has 5 rings (SSSR count). The van der Waals surface area contributed by atoms with Crippen LogP contribution in [0.15, 0.2) is 59.6 Å². The predicted molar refractivity (Wildman–Crippen MR) is 161 cm³/mol. The Labute approximate surface area is 251 Å². The fraction of sp³-hybridized carbons (Fsp3) is 0.321. The molecule has 15 heteroatoms. The monoisotopic (exact) mass is 638 g/mol. The molecule has 0 radical (unpaired) electrons. The summed E-state index contributed by atoms with van der Waals surface area (Å²) in [5.74, 6) is -1.99. The van der Waals surface area contributed by atoms with Gasteiger partial charge < -0.3 is 25.2 Å². The van der Waals surface area contributed by atoms with Crippen LogP contribution in [0, 0.1) is 0 Å². The molecule has 2 aliphatic heterocycles. The fourth-order valence-electron chi connectivity index (χ4n) is 4.29. The SMILES string of the molecule is CC(C)S(=O)(=O)c1ccc2ccc3cc(ccc3N3CCN(C)CC3)nc3[nH]c(nc1c2)C(Cl)=CN3.O=C(O)C(F)(F)F. The number of H-pyrrole nitrogens is 1. The highest BCUT2D eigenvalue weighted by molar-refractivity contribution is 7.92. The second-order valence-corrected chi connectivity index (χ2v) is 13.1. The number of aliphatic carboxylic acids is 1. The summed E-state index contributed by atoms with van der Waals surface area (Å²) in [5, 5.41) is 11.8. The molecule has 0 aliphatic carbocycles. The van der Waals surface area contributed by atoms with E-state index in [-0.39, 0.29) is 4.90 Å². The van der Waals surface area contributed by atoms with Crippen LogP contribution in [0.1, 0.15) is 19.7 Å². The number of carboxylic acid groups (broad SMARTS) is 1. The highest BCUT2D eigenvalue weighted by Gasteiger charge is 2.38. The number of benzene rings is 2. The number of anilines is 2. The number of aromatic nitrogens is 3. The van der Waals surface area contributed by atoms with Gasteiger partial charge in [-0.3, -0.25) is 0 Å². The van der Waals surface area contributed by atoms with Gasteiger partial charge in [-0.25, -0.2) is 23.2 Å². The normalized spacial score (nSPS) is 15.3. The predicted octanol–water partition coefficient (Wildman–Crippen LogP) is 5.33. The van der Waals surface area contributed by atoms with Crippen LogP contribution in [0.2, 0.25) is 0 Å². The molecule has 0 spiro atoms. The van der Waals surface area contributed by atoms with Gasteiger partial charge in [-0.05, 0) is 62.0 Å². The largest absolute Gasteiger partial charge is 0.490 e. The number of halogens is 4. The maximum Gasteiger partial charge on any atom is 0.490 e. The van der Waals surface area contributed by atoms with Gasteiger partial charge in [0.2, 0.25) is 5.95 Å². The Morgan fingerprint density at radius 3 is 2.30 bits per heavy atom. The van der Waals surface area contributed by atoms with Crippen molar-refractivity contribution >= 4 is 65.9 Å². The molecule has 0 unspecified atom stereocenters. The van der Waals surface area contributed by atoms with E-state index in [9.17, 15) is 21.6 Å². The van der Waals surface area contributed by atoms with Crippen LogP contribution in [0.5, 0.6) is 0 Å². The average Bonchev–Trinajstić information content (AvgIpc) is 2.94. The lowest BCUT2D eigenvalue weighted by Gasteiger charge is -2.34. The summed E-state index contributed by atoms with van der Waals surface area (Å²) in [4.78, 5) is 26.2. The first kappa shape index (κ1) is 32.0. The standard InChI is InChI=1S/C26H29ClN6O2S.C2HF3O2/c1-17(2)36(34,35)24-9-5-18-4-6-19-15-20(7-8-23(19)33-12-10-32(3)11-13-33)29-26-28-16-21(27)25(31-26)30-22(24)14-18;3-2(4,5)1(6)7/h4-9,14-17H,10-13H2,1-3H3,(H2,28,29,30,31);(H,6,7). The summed E-state index contributed by atoms with van der Waals surface area (Å²) in [6, 6.07) is 15.4. The zero-order valence-electron chi connectivity index (χ0n) is 23.5. The first-order valence-corrected chi connectivity index (χ1v) is 15.1. The van der Waals surface area contributed by atoms with Crippen LogP contribution in [0.25, 0.3) is 26.8 Å². The highest BCUT2D eigenvalue weighted by atomic mass is 35.5. The minimum atomic E-state index is -5.08. The molecular formula is C28H30ClF3N6O4S. The number of fused-ring (bicyclic) bond motifs is 6. The topological polar surface area (TPSA) is 132 Å². The summed E-state index contributed by atoms with van der Waals surface area (Å²) in [6.07, 6.45) is -3.49. The lowest BCUT2D eigenvalue weighted by atomic mass is 10.1. The number of piperazine rings is 1. The zero-order valence-corrected chi connectivity index (χ0v) is 25.1. The Morgan fingerprint density at radius 1 is 1.02 bits per heavy atom. The number of nitrogens with zero attached hydrogens (tertiary/aromatic N) is 4. The molecule has 3 heterocycles. The van der Waals surface area contributed by atoms with E-state index in [1.54, 1.807) is 32.2 Å². The second kappa shape index (κ2) is 12.8. The van der Waals surface area contributed by atoms with Crippen molar-refractivity contribution in [2.24, 2.45) is 0 Å². The third kappa shape index (κ3) is 7.75. The highest BCUT2D eigenvalue weighted by Crippen LogP contribution is 2.27. The smallest absolute Gasteiger partial charge is 0.475 e. The minimum Gasteiger partial charge on any atom is -0.475 e. The van der Waals surface area contributed by atoms with Crippen LogP contribution in [0.4, 0.5) is 24.8 Å². The number of hydrogen-bond donors (Lipinski definition) is 3. The number of hydrogen-bond acceptors (Lipinski definition) is 8. The molecule has 3 N–H and O–H groups in total. The van der Waals surface area contributed by atoms with Gasteiger partial charge >= 0.3 is 12.1 Å². The van der Waals surface area contributed by atoms with Crippen molar-refractivity contribution in [3.8, 4) is 0 Å². The van der Waals surface area contributed by atoms with Crippen LogP contribution in [0.3, 0.4) is 0 Å². The van der Waals surface area contributed by atoms with Crippen molar-refractivity contribution in [3.05, 3.63) is 60.6 Å². The first-order chi connectivity index (χ1) is 20.1. The fourth-order valence-corrected chi connectivity index (χ4v) is 5.59. The van der Waals surface area contributed by atoms with Crippen molar-refractivity contribution in [3.63, 3.8) is 0 Å². The van der Waals surface area contributed by atoms with E-state index in [0.717, 1.165) is 48.2 Å². The minimum absolute atomic E-state index is 0.166. The molecule has 2 aromatic carbocycles. The molecule has 2 aliphatic rings. The lowest BCUT2D eigenvalue weighted by molar-refractivity contribution is -0.192. The van der Waals surface area contributed by atoms with Gasteiger partial charge in [-0.2, -0.15) is 13.2 Å². The molecule has 0 saturated carbocycles. The average molecular weight is 639 g/mol. The summed E-state index contributed by atoms with van der Waals surface area (Å²) in [5.41, 5.74) is 2.23. The Kier molecular flexibility index (Phi) is 9.52. The van der Waals surface area contributed by atoms with E-state index in [1.807, 2.05) is 24.3 Å². The zero-order chi connectivity index (χ0) is 31.5. The number of carbonyl (C=O) groups is 1. The molecule has 10 nitrogen and oxygen atoms in total. The molecule has 230 valence electrons. The van der Waals surface area contributed by atoms with Gasteiger partial charge in [0.15, 0.2) is 15.7 Å². The van der Waals surface area contributed by atoms with Gasteiger partial charge in [0.1, 0.15) is 0 Å². The molecule has 1 aromatic heterocycles. The number of alkyl halides is 3. The number of rotatable bonds is 3. The van der Waals surface area contributed by atoms with Gasteiger partial charge in [0, 0.05) is 38.1 Å². The Balaban J connectivity index is 0.000000541. The Bertz CT molecular complexity index is 1770. The lowest BCUT2D eigenvalue weighted by Crippen LogP contribution is -2.44. The molecular weight excluding hydrogens is 609 g/mol. The molecule has 0 amide bonds. The number of sulfone groups is 1. The van der Waals surface area contributed by atoms with Gasteiger partial charge in [-0.15, -0.1) is 0 Å². The van der Waals surface area contributed by atoms with E-state index in [4.69, 9.17) is 26.5 Å². The number of aromatic amines is 1. The van der Waals surface area contributed by atoms with E-state index in [0.29, 0.717) is 22.3 Å². The number of carboxylic acids is 1. The first-order valence-electron chi connectivity index (χ1n) is 13.2. The number of nitrogens with one attached hydrogen (secondary N) is 2. The van der Waals surface area contributed by atoms with Crippen molar-refractivity contribution in [1.29, 1.82) is 0 Å². The van der Waals surface area contributed by atoms with Gasteiger partial charge in [0.25, 0.3) is 0 Å². The van der Waals surface area contributed by atoms with Crippen molar-refractivity contribution in [1.82, 2.24) is 19.9 Å². The summed E-state index contributed by atoms with van der Waals surface area (Å²) in [6.45, 7) is 7.22. The Hall–Kier alpha value is -3.88. The molecule has 3 aromatic rings. The maximum absolute atomic E-state index is 13.1. The summed E-state index contributed by atoms with van der Waals surface area (Å²) >= 11 is 6.41. The number of likely N-dealkylation sites (N-methyl/N-ethyl adjacent to an activating group) is 1. The maximum atomic E-state index is 13.1. The van der Waals surface area contributed by atoms with E-state index in [1.165, 1.54) is 0 Å². The third-order valence-electron chi connectivity index (χ3n) is 6.73. The van der Waals surface area contributed by atoms with Crippen molar-refractivity contribution in [2.75, 3.05) is 43.4 Å². The van der Waals surface area contributed by atoms with E-state index in [2.05, 4.69) is 44.3 Å². The summed E-state index contributed by atoms with van der Waals surface area (Å²) in [7, 11) is -1.43. The quantitative estimate of drug-likeness (QED) is 0.348. The van der Waals surface area contributed by atoms with Crippen LogP contribution < -0.4 is 10.2 Å². The molecule has 1 fully saturated rings. The van der Waals surface area contributed by atoms with Crippen LogP contribution in [-0.4, -0.2) is 84.0 Å². The van der Waals surface area contributed by atoms with Crippen LogP contribution >= 0.6 is 11.6 Å². The van der Waals surface area contributed by atoms with E-state index < -0.39 is 27.2 Å². The van der Waals surface area contributed by atoms with Gasteiger partial charge in [-0.1, -0.05) is 29.8 Å². The van der Waals surface area contributed by atoms with Gasteiger partial charge in [0.05, 0.1) is 26.2 Å². The van der Waals surface area contributed by atoms with Crippen molar-refractivity contribution < 1.29 is 31.5 Å². The molecule has 43 heavy (non-hydrogen) atoms. The molecule has 6 bridgehead atoms. The van der Waals surface area contributed by atoms with Crippen molar-refractivity contribution in [2.45, 2.75) is 30.2 Å². The third-order valence-corrected chi connectivity index (χ3v) is 9.22. The van der Waals surface area contributed by atoms with E-state index >= 15 is 0 Å². The Morgan fingerprint density at radius 2 is 1.67 bits per heavy atom. The molecule has 0 atom stereocenters. The molecule has 1 saturated heterocycles. The second-order valence-electron chi connectivity index (χ2n) is 10.2. The van der Waals surface area contributed by atoms with Crippen LogP contribution in [-0.2, 0) is 14.6 Å².